The maximum absolute atomic E-state index is 14.6. The third-order valence-corrected chi connectivity index (χ3v) is 7.42. The van der Waals surface area contributed by atoms with Crippen LogP contribution >= 0.6 is 0 Å². The van der Waals surface area contributed by atoms with Crippen molar-refractivity contribution in [2.24, 2.45) is 5.92 Å². The van der Waals surface area contributed by atoms with Crippen LogP contribution in [0.3, 0.4) is 0 Å². The number of halogens is 3. The second kappa shape index (κ2) is 13.2. The van der Waals surface area contributed by atoms with Crippen molar-refractivity contribution in [3.8, 4) is 5.75 Å². The first-order chi connectivity index (χ1) is 19.2. The Morgan fingerprint density at radius 1 is 0.975 bits per heavy atom. The van der Waals surface area contributed by atoms with Gasteiger partial charge in [-0.3, -0.25) is 14.4 Å². The summed E-state index contributed by atoms with van der Waals surface area (Å²) in [6, 6.07) is 5.68. The first-order valence-electron chi connectivity index (χ1n) is 13.6. The molecule has 1 saturated carbocycles. The minimum atomic E-state index is -1.08. The number of likely N-dealkylation sites (N-methyl/N-ethyl adjacent to an activating group) is 1. The van der Waals surface area contributed by atoms with Gasteiger partial charge in [0, 0.05) is 26.6 Å². The van der Waals surface area contributed by atoms with Crippen molar-refractivity contribution in [1.29, 1.82) is 0 Å². The lowest BCUT2D eigenvalue weighted by Crippen LogP contribution is -2.56. The van der Waals surface area contributed by atoms with E-state index in [9.17, 15) is 27.6 Å². The van der Waals surface area contributed by atoms with Gasteiger partial charge in [-0.1, -0.05) is 18.2 Å². The predicted molar refractivity (Wildman–Crippen MR) is 142 cm³/mol. The molecular formula is C29H35F3N4O4. The van der Waals surface area contributed by atoms with Gasteiger partial charge in [-0.15, -0.1) is 0 Å². The van der Waals surface area contributed by atoms with Gasteiger partial charge in [0.1, 0.15) is 24.5 Å². The third-order valence-electron chi connectivity index (χ3n) is 7.42. The van der Waals surface area contributed by atoms with Crippen molar-refractivity contribution in [2.75, 3.05) is 26.7 Å². The first-order valence-corrected chi connectivity index (χ1v) is 13.6. The normalized spacial score (nSPS) is 23.8. The number of ether oxygens (including phenoxy) is 1. The quantitative estimate of drug-likeness (QED) is 0.536. The number of rotatable bonds is 3. The molecule has 11 heteroatoms. The Kier molecular flexibility index (Phi) is 9.67. The van der Waals surface area contributed by atoms with Gasteiger partial charge in [0.05, 0.1) is 6.04 Å². The second-order valence-corrected chi connectivity index (χ2v) is 10.4. The first kappa shape index (κ1) is 29.4. The zero-order valence-corrected chi connectivity index (χ0v) is 22.6. The summed E-state index contributed by atoms with van der Waals surface area (Å²) in [6.07, 6.45) is 2.51. The molecule has 4 rings (SSSR count). The van der Waals surface area contributed by atoms with E-state index >= 15 is 0 Å². The lowest BCUT2D eigenvalue weighted by Gasteiger charge is -2.30. The van der Waals surface area contributed by atoms with Crippen LogP contribution in [0.2, 0.25) is 0 Å². The molecule has 2 aliphatic rings. The zero-order chi connectivity index (χ0) is 28.8. The number of hydrogen-bond donors (Lipinski definition) is 3. The molecule has 2 aromatic rings. The maximum Gasteiger partial charge on any atom is 0.243 e. The van der Waals surface area contributed by atoms with Crippen LogP contribution in [0, 0.1) is 23.4 Å². The van der Waals surface area contributed by atoms with Crippen LogP contribution in [0.5, 0.6) is 5.75 Å². The predicted octanol–water partition coefficient (Wildman–Crippen LogP) is 2.49. The van der Waals surface area contributed by atoms with Crippen LogP contribution in [-0.2, 0) is 27.2 Å². The van der Waals surface area contributed by atoms with Crippen LogP contribution in [0.15, 0.2) is 36.4 Å². The summed E-state index contributed by atoms with van der Waals surface area (Å²) in [5, 5.41) is 8.70. The molecule has 0 bridgehead atoms. The Morgan fingerprint density at radius 3 is 2.40 bits per heavy atom. The Balaban J connectivity index is 1.57. The number of nitrogens with one attached hydrogen (secondary N) is 3. The van der Waals surface area contributed by atoms with Crippen molar-refractivity contribution in [1.82, 2.24) is 20.9 Å². The lowest BCUT2D eigenvalue weighted by molar-refractivity contribution is -0.141. The van der Waals surface area contributed by atoms with E-state index in [0.717, 1.165) is 18.9 Å². The number of nitrogens with zero attached hydrogens (tertiary/aromatic N) is 1. The van der Waals surface area contributed by atoms with E-state index in [4.69, 9.17) is 4.74 Å². The molecule has 1 fully saturated rings. The van der Waals surface area contributed by atoms with Gasteiger partial charge >= 0.3 is 0 Å². The van der Waals surface area contributed by atoms with Crippen LogP contribution in [0.25, 0.3) is 0 Å². The van der Waals surface area contributed by atoms with Crippen LogP contribution in [-0.4, -0.2) is 67.5 Å². The highest BCUT2D eigenvalue weighted by Gasteiger charge is 2.39. The van der Waals surface area contributed by atoms with Crippen molar-refractivity contribution in [3.63, 3.8) is 0 Å². The van der Waals surface area contributed by atoms with E-state index in [0.29, 0.717) is 24.0 Å². The molecule has 0 spiro atoms. The SMILES string of the molecule is C[C@@H]1C(=O)N[C@H](Cc2ccc(F)cc2)C(=O)NCCCc2ccc(F)c(F)c2OCCN[C@@H](C2CC2)C(=O)N1C. The van der Waals surface area contributed by atoms with Gasteiger partial charge in [-0.2, -0.15) is 4.39 Å². The van der Waals surface area contributed by atoms with E-state index in [2.05, 4.69) is 16.0 Å². The fourth-order valence-electron chi connectivity index (χ4n) is 4.74. The van der Waals surface area contributed by atoms with Gasteiger partial charge in [0.2, 0.25) is 23.5 Å². The Bertz CT molecular complexity index is 1220. The highest BCUT2D eigenvalue weighted by atomic mass is 19.2. The van der Waals surface area contributed by atoms with Crippen LogP contribution < -0.4 is 20.7 Å². The smallest absolute Gasteiger partial charge is 0.243 e. The topological polar surface area (TPSA) is 99.8 Å². The highest BCUT2D eigenvalue weighted by molar-refractivity contribution is 5.93. The number of fused-ring (bicyclic) bond motifs is 1. The van der Waals surface area contributed by atoms with E-state index in [-0.39, 0.29) is 43.7 Å². The molecule has 2 aromatic carbocycles. The summed E-state index contributed by atoms with van der Waals surface area (Å²) in [5.41, 5.74) is 1.09. The number of aryl methyl sites for hydroxylation is 1. The maximum atomic E-state index is 14.6. The largest absolute Gasteiger partial charge is 0.489 e. The fraction of sp³-hybridized carbons (Fsp3) is 0.483. The molecule has 3 amide bonds. The molecule has 40 heavy (non-hydrogen) atoms. The summed E-state index contributed by atoms with van der Waals surface area (Å²) < 4.78 is 47.6. The van der Waals surface area contributed by atoms with Gasteiger partial charge in [-0.05, 0) is 67.9 Å². The second-order valence-electron chi connectivity index (χ2n) is 10.4. The molecule has 3 atom stereocenters. The molecule has 216 valence electrons. The number of benzene rings is 2. The van der Waals surface area contributed by atoms with E-state index in [1.807, 2.05) is 0 Å². The minimum Gasteiger partial charge on any atom is -0.489 e. The van der Waals surface area contributed by atoms with E-state index in [1.165, 1.54) is 42.3 Å². The van der Waals surface area contributed by atoms with Crippen molar-refractivity contribution < 1.29 is 32.3 Å². The third kappa shape index (κ3) is 7.32. The van der Waals surface area contributed by atoms with Gasteiger partial charge in [0.25, 0.3) is 0 Å². The van der Waals surface area contributed by atoms with E-state index in [1.54, 1.807) is 6.92 Å². The van der Waals surface area contributed by atoms with Crippen molar-refractivity contribution in [3.05, 3.63) is 65.0 Å². The standard InChI is InChI=1S/C29H35F3N4O4/c1-17-27(37)35-23(16-18-5-10-21(30)11-6-18)28(38)34-13-3-4-20-9-12-22(31)24(32)26(20)40-15-14-33-25(19-7-8-19)29(39)36(17)2/h5-6,9-12,17,19,23,25,33H,3-4,7-8,13-16H2,1-2H3,(H,34,38)(H,35,37)/t17-,23-,25+/m1/s1. The molecule has 0 radical (unpaired) electrons. The lowest BCUT2D eigenvalue weighted by atomic mass is 10.0. The molecule has 1 heterocycles. The molecule has 1 aliphatic heterocycles. The number of amides is 3. The Hall–Kier alpha value is -3.60. The van der Waals surface area contributed by atoms with Gasteiger partial charge in [-0.25, -0.2) is 8.78 Å². The van der Waals surface area contributed by atoms with E-state index < -0.39 is 47.4 Å². The summed E-state index contributed by atoms with van der Waals surface area (Å²) in [5.74, 6) is -3.86. The summed E-state index contributed by atoms with van der Waals surface area (Å²) in [4.78, 5) is 41.0. The molecule has 0 saturated heterocycles. The van der Waals surface area contributed by atoms with Crippen LogP contribution in [0.1, 0.15) is 37.3 Å². The summed E-state index contributed by atoms with van der Waals surface area (Å²) in [7, 11) is 1.53. The van der Waals surface area contributed by atoms with Crippen LogP contribution in [0.4, 0.5) is 13.2 Å². The summed E-state index contributed by atoms with van der Waals surface area (Å²) >= 11 is 0. The monoisotopic (exact) mass is 560 g/mol. The molecule has 0 aromatic heterocycles. The molecular weight excluding hydrogens is 525 g/mol. The minimum absolute atomic E-state index is 0.00539. The highest BCUT2D eigenvalue weighted by Crippen LogP contribution is 2.33. The average Bonchev–Trinajstić information content (AvgIpc) is 3.78. The Labute approximate surface area is 231 Å². The van der Waals surface area contributed by atoms with Crippen molar-refractivity contribution in [2.45, 2.75) is 57.2 Å². The number of carbonyl (C=O) groups excluding carboxylic acids is 3. The fourth-order valence-corrected chi connectivity index (χ4v) is 4.74. The van der Waals surface area contributed by atoms with Gasteiger partial charge < -0.3 is 25.6 Å². The molecule has 8 nitrogen and oxygen atoms in total. The molecule has 1 aliphatic carbocycles. The Morgan fingerprint density at radius 2 is 1.70 bits per heavy atom. The average molecular weight is 561 g/mol. The molecule has 3 N–H and O–H groups in total. The number of carbonyl (C=O) groups is 3. The number of hydrogen-bond acceptors (Lipinski definition) is 5. The molecule has 0 unspecified atom stereocenters. The van der Waals surface area contributed by atoms with Crippen molar-refractivity contribution >= 4 is 17.7 Å². The summed E-state index contributed by atoms with van der Waals surface area (Å²) in [6.45, 7) is 2.00. The zero-order valence-electron chi connectivity index (χ0n) is 22.6. The van der Waals surface area contributed by atoms with Gasteiger partial charge in [0.15, 0.2) is 11.6 Å².